The molecule has 4 heteroatoms. The second-order valence-electron chi connectivity index (χ2n) is 6.51. The number of benzene rings is 2. The van der Waals surface area contributed by atoms with E-state index in [4.69, 9.17) is 9.47 Å². The van der Waals surface area contributed by atoms with Gasteiger partial charge in [-0.3, -0.25) is 4.79 Å². The molecule has 0 aromatic heterocycles. The standard InChI is InChI=1S/C21H25NO3/c1-24-18-11-9-16(10-12-18)19(15-7-8-15)13-21(23)22-14-17-5-3-4-6-20(17)25-2/h3-6,9-12,15,19H,7-8,13-14H2,1-2H3,(H,22,23). The summed E-state index contributed by atoms with van der Waals surface area (Å²) in [7, 11) is 3.31. The predicted molar refractivity (Wildman–Crippen MR) is 97.9 cm³/mol. The van der Waals surface area contributed by atoms with Gasteiger partial charge in [-0.1, -0.05) is 30.3 Å². The predicted octanol–water partition coefficient (Wildman–Crippen LogP) is 3.90. The zero-order valence-corrected chi connectivity index (χ0v) is 14.8. The fraction of sp³-hybridized carbons (Fsp3) is 0.381. The first kappa shape index (κ1) is 17.3. The maximum Gasteiger partial charge on any atom is 0.220 e. The first-order valence-corrected chi connectivity index (χ1v) is 8.74. The SMILES string of the molecule is COc1ccc(C(CC(=O)NCc2ccccc2OC)C2CC2)cc1. The van der Waals surface area contributed by atoms with Crippen LogP contribution >= 0.6 is 0 Å². The van der Waals surface area contributed by atoms with Gasteiger partial charge in [0.1, 0.15) is 11.5 Å². The molecule has 1 aliphatic rings. The van der Waals surface area contributed by atoms with Crippen molar-refractivity contribution in [2.45, 2.75) is 31.7 Å². The van der Waals surface area contributed by atoms with Crippen molar-refractivity contribution in [3.8, 4) is 11.5 Å². The Kier molecular flexibility index (Phi) is 5.59. The van der Waals surface area contributed by atoms with Gasteiger partial charge in [0.05, 0.1) is 14.2 Å². The third-order valence-corrected chi connectivity index (χ3v) is 4.81. The van der Waals surface area contributed by atoms with Crippen LogP contribution in [-0.2, 0) is 11.3 Å². The van der Waals surface area contributed by atoms with E-state index in [1.54, 1.807) is 14.2 Å². The average molecular weight is 339 g/mol. The molecule has 25 heavy (non-hydrogen) atoms. The van der Waals surface area contributed by atoms with Crippen molar-refractivity contribution < 1.29 is 14.3 Å². The van der Waals surface area contributed by atoms with E-state index in [-0.39, 0.29) is 11.8 Å². The number of hydrogen-bond acceptors (Lipinski definition) is 3. The lowest BCUT2D eigenvalue weighted by atomic mass is 9.90. The summed E-state index contributed by atoms with van der Waals surface area (Å²) in [6.07, 6.45) is 2.93. The topological polar surface area (TPSA) is 47.6 Å². The lowest BCUT2D eigenvalue weighted by molar-refractivity contribution is -0.121. The third kappa shape index (κ3) is 4.53. The van der Waals surface area contributed by atoms with E-state index in [0.717, 1.165) is 17.1 Å². The molecule has 0 saturated heterocycles. The number of amides is 1. The Labute approximate surface area is 149 Å². The Bertz CT molecular complexity index is 707. The molecule has 3 rings (SSSR count). The Balaban J connectivity index is 1.61. The third-order valence-electron chi connectivity index (χ3n) is 4.81. The molecule has 1 fully saturated rings. The first-order chi connectivity index (χ1) is 12.2. The van der Waals surface area contributed by atoms with Crippen molar-refractivity contribution in [1.29, 1.82) is 0 Å². The molecule has 2 aromatic carbocycles. The number of carbonyl (C=O) groups is 1. The highest BCUT2D eigenvalue weighted by molar-refractivity contribution is 5.77. The summed E-state index contributed by atoms with van der Waals surface area (Å²) in [5, 5.41) is 3.04. The van der Waals surface area contributed by atoms with Crippen molar-refractivity contribution in [3.05, 3.63) is 59.7 Å². The Hall–Kier alpha value is -2.49. The van der Waals surface area contributed by atoms with Crippen LogP contribution in [0.1, 0.15) is 36.3 Å². The van der Waals surface area contributed by atoms with Crippen LogP contribution < -0.4 is 14.8 Å². The zero-order chi connectivity index (χ0) is 17.6. The van der Waals surface area contributed by atoms with E-state index >= 15 is 0 Å². The number of nitrogens with one attached hydrogen (secondary N) is 1. The molecule has 1 unspecified atom stereocenters. The molecule has 2 aromatic rings. The largest absolute Gasteiger partial charge is 0.497 e. The van der Waals surface area contributed by atoms with Crippen molar-refractivity contribution in [1.82, 2.24) is 5.32 Å². The summed E-state index contributed by atoms with van der Waals surface area (Å²) in [4.78, 5) is 12.5. The van der Waals surface area contributed by atoms with Crippen LogP contribution in [0.15, 0.2) is 48.5 Å². The summed E-state index contributed by atoms with van der Waals surface area (Å²) in [6, 6.07) is 15.9. The lowest BCUT2D eigenvalue weighted by Gasteiger charge is -2.17. The van der Waals surface area contributed by atoms with Gasteiger partial charge < -0.3 is 14.8 Å². The van der Waals surface area contributed by atoms with Gasteiger partial charge in [-0.2, -0.15) is 0 Å². The van der Waals surface area contributed by atoms with Gasteiger partial charge in [-0.25, -0.2) is 0 Å². The molecule has 1 atom stereocenters. The Morgan fingerprint density at radius 1 is 1.08 bits per heavy atom. The minimum Gasteiger partial charge on any atom is -0.497 e. The van der Waals surface area contributed by atoms with Gasteiger partial charge in [0, 0.05) is 18.5 Å². The second-order valence-corrected chi connectivity index (χ2v) is 6.51. The first-order valence-electron chi connectivity index (χ1n) is 8.74. The second kappa shape index (κ2) is 8.06. The minimum absolute atomic E-state index is 0.0821. The summed E-state index contributed by atoms with van der Waals surface area (Å²) in [5.74, 6) is 2.63. The van der Waals surface area contributed by atoms with Crippen molar-refractivity contribution >= 4 is 5.91 Å². The van der Waals surface area contributed by atoms with Crippen LogP contribution in [0.5, 0.6) is 11.5 Å². The van der Waals surface area contributed by atoms with Gasteiger partial charge in [0.15, 0.2) is 0 Å². The average Bonchev–Trinajstić information content (AvgIpc) is 3.50. The summed E-state index contributed by atoms with van der Waals surface area (Å²) >= 11 is 0. The van der Waals surface area contributed by atoms with Crippen LogP contribution in [0.2, 0.25) is 0 Å². The molecule has 0 radical (unpaired) electrons. The molecular weight excluding hydrogens is 314 g/mol. The van der Waals surface area contributed by atoms with Crippen LogP contribution in [-0.4, -0.2) is 20.1 Å². The molecule has 1 saturated carbocycles. The molecule has 132 valence electrons. The quantitative estimate of drug-likeness (QED) is 0.793. The number of hydrogen-bond donors (Lipinski definition) is 1. The van der Waals surface area contributed by atoms with Gasteiger partial charge in [0.25, 0.3) is 0 Å². The number of ether oxygens (including phenoxy) is 2. The molecule has 1 amide bonds. The van der Waals surface area contributed by atoms with Crippen LogP contribution in [0.3, 0.4) is 0 Å². The van der Waals surface area contributed by atoms with Crippen molar-refractivity contribution in [3.63, 3.8) is 0 Å². The van der Waals surface area contributed by atoms with Gasteiger partial charge in [-0.05, 0) is 48.4 Å². The van der Waals surface area contributed by atoms with E-state index in [2.05, 4.69) is 17.4 Å². The van der Waals surface area contributed by atoms with Crippen LogP contribution in [0, 0.1) is 5.92 Å². The molecule has 1 aliphatic carbocycles. The molecule has 0 heterocycles. The van der Waals surface area contributed by atoms with Gasteiger partial charge in [0.2, 0.25) is 5.91 Å². The molecule has 4 nitrogen and oxygen atoms in total. The van der Waals surface area contributed by atoms with Crippen LogP contribution in [0.4, 0.5) is 0 Å². The van der Waals surface area contributed by atoms with Crippen LogP contribution in [0.25, 0.3) is 0 Å². The van der Waals surface area contributed by atoms with E-state index < -0.39 is 0 Å². The fourth-order valence-electron chi connectivity index (χ4n) is 3.22. The lowest BCUT2D eigenvalue weighted by Crippen LogP contribution is -2.25. The maximum atomic E-state index is 12.5. The monoisotopic (exact) mass is 339 g/mol. The van der Waals surface area contributed by atoms with E-state index in [9.17, 15) is 4.79 Å². The van der Waals surface area contributed by atoms with Gasteiger partial charge >= 0.3 is 0 Å². The molecular formula is C21H25NO3. The Morgan fingerprint density at radius 3 is 2.44 bits per heavy atom. The highest BCUT2D eigenvalue weighted by Crippen LogP contribution is 2.44. The Morgan fingerprint density at radius 2 is 1.80 bits per heavy atom. The summed E-state index contributed by atoms with van der Waals surface area (Å²) in [6.45, 7) is 0.489. The van der Waals surface area contributed by atoms with E-state index in [1.807, 2.05) is 36.4 Å². The number of methoxy groups -OCH3 is 2. The number of para-hydroxylation sites is 1. The highest BCUT2D eigenvalue weighted by Gasteiger charge is 2.33. The summed E-state index contributed by atoms with van der Waals surface area (Å²) in [5.41, 5.74) is 2.21. The molecule has 0 bridgehead atoms. The fourth-order valence-corrected chi connectivity index (χ4v) is 3.22. The van der Waals surface area contributed by atoms with Gasteiger partial charge in [-0.15, -0.1) is 0 Å². The van der Waals surface area contributed by atoms with E-state index in [1.165, 1.54) is 18.4 Å². The van der Waals surface area contributed by atoms with E-state index in [0.29, 0.717) is 18.9 Å². The number of rotatable bonds is 8. The summed E-state index contributed by atoms with van der Waals surface area (Å²) < 4.78 is 10.6. The van der Waals surface area contributed by atoms with Crippen molar-refractivity contribution in [2.75, 3.05) is 14.2 Å². The molecule has 1 N–H and O–H groups in total. The molecule has 0 spiro atoms. The van der Waals surface area contributed by atoms with Crippen molar-refractivity contribution in [2.24, 2.45) is 5.92 Å². The highest BCUT2D eigenvalue weighted by atomic mass is 16.5. The normalized spacial score (nSPS) is 14.6. The number of carbonyl (C=O) groups excluding carboxylic acids is 1. The molecule has 0 aliphatic heterocycles. The zero-order valence-electron chi connectivity index (χ0n) is 14.8. The maximum absolute atomic E-state index is 12.5. The smallest absolute Gasteiger partial charge is 0.220 e. The minimum atomic E-state index is 0.0821.